The predicted octanol–water partition coefficient (Wildman–Crippen LogP) is 0.386. The topological polar surface area (TPSA) is 85.0 Å². The van der Waals surface area contributed by atoms with E-state index in [4.69, 9.17) is 15.2 Å². The zero-order valence-electron chi connectivity index (χ0n) is 13.3. The molecule has 0 saturated carbocycles. The van der Waals surface area contributed by atoms with Crippen LogP contribution in [0.2, 0.25) is 0 Å². The van der Waals surface area contributed by atoms with Gasteiger partial charge in [0, 0.05) is 27.2 Å². The molecule has 0 bridgehead atoms. The number of likely N-dealkylation sites (N-methyl/N-ethyl adjacent to an activating group) is 1. The second-order valence-corrected chi connectivity index (χ2v) is 5.23. The summed E-state index contributed by atoms with van der Waals surface area (Å²) in [6.45, 7) is 1.12. The van der Waals surface area contributed by atoms with E-state index in [2.05, 4.69) is 0 Å². The van der Waals surface area contributed by atoms with Crippen LogP contribution in [0.15, 0.2) is 30.3 Å². The predicted molar refractivity (Wildman–Crippen MR) is 84.2 cm³/mol. The molecule has 0 radical (unpaired) electrons. The monoisotopic (exact) mass is 310 g/mol. The summed E-state index contributed by atoms with van der Waals surface area (Å²) in [4.78, 5) is 13.4. The minimum atomic E-state index is -0.725. The first-order valence-electron chi connectivity index (χ1n) is 7.33. The summed E-state index contributed by atoms with van der Waals surface area (Å²) >= 11 is 0. The Morgan fingerprint density at radius 3 is 2.64 bits per heavy atom. The highest BCUT2D eigenvalue weighted by molar-refractivity contribution is 5.76. The second kappa shape index (κ2) is 10.3. The third-order valence-corrected chi connectivity index (χ3v) is 3.33. The van der Waals surface area contributed by atoms with Crippen LogP contribution in [0.5, 0.6) is 0 Å². The van der Waals surface area contributed by atoms with Crippen molar-refractivity contribution in [3.63, 3.8) is 0 Å². The number of rotatable bonds is 10. The van der Waals surface area contributed by atoms with Gasteiger partial charge in [-0.05, 0) is 5.56 Å². The van der Waals surface area contributed by atoms with Gasteiger partial charge in [0.05, 0.1) is 31.8 Å². The van der Waals surface area contributed by atoms with Crippen molar-refractivity contribution in [2.24, 2.45) is 5.73 Å². The van der Waals surface area contributed by atoms with Gasteiger partial charge in [-0.1, -0.05) is 30.3 Å². The van der Waals surface area contributed by atoms with Crippen LogP contribution in [-0.2, 0) is 20.9 Å². The van der Waals surface area contributed by atoms with Crippen LogP contribution in [0.4, 0.5) is 0 Å². The smallest absolute Gasteiger partial charge is 0.225 e. The number of ether oxygens (including phenoxy) is 2. The van der Waals surface area contributed by atoms with Gasteiger partial charge in [-0.15, -0.1) is 0 Å². The lowest BCUT2D eigenvalue weighted by Gasteiger charge is -2.22. The molecule has 0 aliphatic heterocycles. The molecule has 0 aliphatic carbocycles. The Morgan fingerprint density at radius 2 is 2.05 bits per heavy atom. The molecule has 3 N–H and O–H groups in total. The van der Waals surface area contributed by atoms with Gasteiger partial charge in [0.25, 0.3) is 0 Å². The van der Waals surface area contributed by atoms with Crippen LogP contribution in [0, 0.1) is 0 Å². The van der Waals surface area contributed by atoms with Gasteiger partial charge in [-0.3, -0.25) is 4.79 Å². The molecule has 1 amide bonds. The molecular weight excluding hydrogens is 284 g/mol. The van der Waals surface area contributed by atoms with Crippen LogP contribution >= 0.6 is 0 Å². The Bertz CT molecular complexity index is 423. The summed E-state index contributed by atoms with van der Waals surface area (Å²) in [5.74, 6) is -0.112. The van der Waals surface area contributed by atoms with E-state index in [9.17, 15) is 9.90 Å². The summed E-state index contributed by atoms with van der Waals surface area (Å²) in [5, 5.41) is 9.92. The van der Waals surface area contributed by atoms with Crippen molar-refractivity contribution < 1.29 is 19.4 Å². The van der Waals surface area contributed by atoms with Crippen LogP contribution in [0.1, 0.15) is 12.0 Å². The summed E-state index contributed by atoms with van der Waals surface area (Å²) in [6, 6.07) is 9.73. The summed E-state index contributed by atoms with van der Waals surface area (Å²) in [5.41, 5.74) is 6.54. The zero-order valence-corrected chi connectivity index (χ0v) is 13.3. The number of methoxy groups -OCH3 is 1. The van der Waals surface area contributed by atoms with E-state index in [0.717, 1.165) is 5.56 Å². The first kappa shape index (κ1) is 18.6. The lowest BCUT2D eigenvalue weighted by molar-refractivity contribution is -0.134. The Kier molecular flexibility index (Phi) is 8.69. The number of hydrogen-bond donors (Lipinski definition) is 2. The van der Waals surface area contributed by atoms with Gasteiger partial charge < -0.3 is 25.2 Å². The highest BCUT2D eigenvalue weighted by Crippen LogP contribution is 2.03. The number of nitrogens with zero attached hydrogens (tertiary/aromatic N) is 1. The molecule has 0 spiro atoms. The maximum atomic E-state index is 11.9. The molecule has 0 aliphatic rings. The van der Waals surface area contributed by atoms with E-state index in [1.54, 1.807) is 7.05 Å². The Hall–Kier alpha value is -1.47. The number of aliphatic hydroxyl groups excluding tert-OH is 1. The van der Waals surface area contributed by atoms with Crippen molar-refractivity contribution in [1.29, 1.82) is 0 Å². The molecule has 2 unspecified atom stereocenters. The van der Waals surface area contributed by atoms with Crippen molar-refractivity contribution in [1.82, 2.24) is 4.90 Å². The Balaban J connectivity index is 2.25. The van der Waals surface area contributed by atoms with E-state index in [1.807, 2.05) is 30.3 Å². The number of amides is 1. The molecule has 0 saturated heterocycles. The second-order valence-electron chi connectivity index (χ2n) is 5.23. The minimum Gasteiger partial charge on any atom is -0.389 e. The van der Waals surface area contributed by atoms with Crippen molar-refractivity contribution in [2.45, 2.75) is 25.2 Å². The van der Waals surface area contributed by atoms with E-state index < -0.39 is 6.10 Å². The van der Waals surface area contributed by atoms with Gasteiger partial charge in [-0.2, -0.15) is 0 Å². The Morgan fingerprint density at radius 1 is 1.36 bits per heavy atom. The fourth-order valence-corrected chi connectivity index (χ4v) is 1.97. The number of aliphatic hydroxyl groups is 1. The SMILES string of the molecule is COC(CN)CC(=O)N(C)CC(O)COCc1ccccc1. The van der Waals surface area contributed by atoms with Crippen LogP contribution in [0.3, 0.4) is 0 Å². The highest BCUT2D eigenvalue weighted by Gasteiger charge is 2.17. The van der Waals surface area contributed by atoms with Crippen molar-refractivity contribution in [3.05, 3.63) is 35.9 Å². The first-order chi connectivity index (χ1) is 10.6. The van der Waals surface area contributed by atoms with Crippen molar-refractivity contribution in [2.75, 3.05) is 33.9 Å². The van der Waals surface area contributed by atoms with E-state index in [0.29, 0.717) is 13.2 Å². The molecule has 1 aromatic rings. The summed E-state index contributed by atoms with van der Waals surface area (Å²) < 4.78 is 10.5. The molecule has 1 aromatic carbocycles. The van der Waals surface area contributed by atoms with Gasteiger partial charge >= 0.3 is 0 Å². The van der Waals surface area contributed by atoms with Gasteiger partial charge in [-0.25, -0.2) is 0 Å². The molecule has 0 aromatic heterocycles. The van der Waals surface area contributed by atoms with Crippen molar-refractivity contribution >= 4 is 5.91 Å². The van der Waals surface area contributed by atoms with Gasteiger partial charge in [0.2, 0.25) is 5.91 Å². The Labute approximate surface area is 131 Å². The minimum absolute atomic E-state index is 0.112. The summed E-state index contributed by atoms with van der Waals surface area (Å²) in [7, 11) is 3.17. The molecule has 6 nitrogen and oxygen atoms in total. The van der Waals surface area contributed by atoms with Crippen LogP contribution in [-0.4, -0.2) is 62.0 Å². The van der Waals surface area contributed by atoms with Crippen molar-refractivity contribution in [3.8, 4) is 0 Å². The maximum Gasteiger partial charge on any atom is 0.225 e. The highest BCUT2D eigenvalue weighted by atomic mass is 16.5. The van der Waals surface area contributed by atoms with Crippen LogP contribution < -0.4 is 5.73 Å². The molecular formula is C16H26N2O4. The lowest BCUT2D eigenvalue weighted by Crippen LogP contribution is -2.39. The third-order valence-electron chi connectivity index (χ3n) is 3.33. The molecule has 0 heterocycles. The molecule has 0 fully saturated rings. The maximum absolute atomic E-state index is 11.9. The number of carbonyl (C=O) groups is 1. The van der Waals surface area contributed by atoms with Gasteiger partial charge in [0.1, 0.15) is 0 Å². The molecule has 1 rings (SSSR count). The van der Waals surface area contributed by atoms with Gasteiger partial charge in [0.15, 0.2) is 0 Å². The van der Waals surface area contributed by atoms with Crippen LogP contribution in [0.25, 0.3) is 0 Å². The van der Waals surface area contributed by atoms with E-state index in [-0.39, 0.29) is 31.6 Å². The quantitative estimate of drug-likeness (QED) is 0.653. The largest absolute Gasteiger partial charge is 0.389 e. The summed E-state index contributed by atoms with van der Waals surface area (Å²) in [6.07, 6.45) is -0.806. The van der Waals surface area contributed by atoms with E-state index in [1.165, 1.54) is 12.0 Å². The molecule has 124 valence electrons. The molecule has 6 heteroatoms. The normalized spacial score (nSPS) is 13.6. The van der Waals surface area contributed by atoms with E-state index >= 15 is 0 Å². The molecule has 2 atom stereocenters. The standard InChI is InChI=1S/C16H26N2O4/c1-18(16(20)8-15(9-17)21-2)10-14(19)12-22-11-13-6-4-3-5-7-13/h3-7,14-15,19H,8-12,17H2,1-2H3. The number of nitrogens with two attached hydrogens (primary N) is 1. The fraction of sp³-hybridized carbons (Fsp3) is 0.562. The number of carbonyl (C=O) groups excluding carboxylic acids is 1. The average molecular weight is 310 g/mol. The number of hydrogen-bond acceptors (Lipinski definition) is 5. The average Bonchev–Trinajstić information content (AvgIpc) is 2.53. The number of benzene rings is 1. The third kappa shape index (κ3) is 7.00. The first-order valence-corrected chi connectivity index (χ1v) is 7.33. The zero-order chi connectivity index (χ0) is 16.4. The fourth-order valence-electron chi connectivity index (χ4n) is 1.97. The lowest BCUT2D eigenvalue weighted by atomic mass is 10.2. The molecule has 22 heavy (non-hydrogen) atoms.